The maximum atomic E-state index is 9.57. The summed E-state index contributed by atoms with van der Waals surface area (Å²) in [6.07, 6.45) is 2.43. The van der Waals surface area contributed by atoms with Crippen LogP contribution in [0.5, 0.6) is 5.75 Å². The van der Waals surface area contributed by atoms with Gasteiger partial charge in [0.2, 0.25) is 0 Å². The molecule has 1 saturated heterocycles. The lowest BCUT2D eigenvalue weighted by Gasteiger charge is -2.33. The Morgan fingerprint density at radius 2 is 2.23 bits per heavy atom. The van der Waals surface area contributed by atoms with Gasteiger partial charge in [0.1, 0.15) is 5.75 Å². The average Bonchev–Trinajstić information content (AvgIpc) is 2.91. The van der Waals surface area contributed by atoms with Crippen LogP contribution >= 0.6 is 22.9 Å². The molecule has 2 heterocycles. The van der Waals surface area contributed by atoms with Crippen LogP contribution in [-0.2, 0) is 13.1 Å². The van der Waals surface area contributed by atoms with Gasteiger partial charge >= 0.3 is 0 Å². The number of phenols is 1. The van der Waals surface area contributed by atoms with Gasteiger partial charge in [-0.25, -0.2) is 0 Å². The molecule has 1 atom stereocenters. The Morgan fingerprint density at radius 1 is 1.32 bits per heavy atom. The van der Waals surface area contributed by atoms with Crippen LogP contribution in [0, 0.1) is 0 Å². The highest BCUT2D eigenvalue weighted by Crippen LogP contribution is 2.22. The third-order valence-electron chi connectivity index (χ3n) is 4.02. The van der Waals surface area contributed by atoms with Crippen molar-refractivity contribution in [1.29, 1.82) is 0 Å². The predicted octanol–water partition coefficient (Wildman–Crippen LogP) is 3.86. The molecular weight excluding hydrogens is 316 g/mol. The summed E-state index contributed by atoms with van der Waals surface area (Å²) in [5.41, 5.74) is 1.17. The molecule has 1 aliphatic heterocycles. The highest BCUT2D eigenvalue weighted by atomic mass is 35.5. The van der Waals surface area contributed by atoms with Gasteiger partial charge in [0.25, 0.3) is 0 Å². The first-order valence-electron chi connectivity index (χ1n) is 7.67. The van der Waals surface area contributed by atoms with E-state index in [1.54, 1.807) is 17.4 Å². The second kappa shape index (κ2) is 7.47. The fourth-order valence-electron chi connectivity index (χ4n) is 2.97. The minimum absolute atomic E-state index is 0.346. The molecule has 0 aliphatic carbocycles. The second-order valence-corrected chi connectivity index (χ2v) is 7.63. The molecule has 118 valence electrons. The minimum Gasteiger partial charge on any atom is -0.508 e. The number of rotatable bonds is 5. The van der Waals surface area contributed by atoms with Crippen LogP contribution in [0.15, 0.2) is 36.4 Å². The summed E-state index contributed by atoms with van der Waals surface area (Å²) in [5.74, 6) is 0.346. The minimum atomic E-state index is 0.346. The van der Waals surface area contributed by atoms with Crippen LogP contribution in [0.4, 0.5) is 0 Å². The summed E-state index contributed by atoms with van der Waals surface area (Å²) in [6.45, 7) is 3.97. The summed E-state index contributed by atoms with van der Waals surface area (Å²) < 4.78 is 0.853. The molecule has 2 N–H and O–H groups in total. The normalized spacial score (nSPS) is 19.4. The van der Waals surface area contributed by atoms with Crippen molar-refractivity contribution in [2.75, 3.05) is 13.1 Å². The van der Waals surface area contributed by atoms with Gasteiger partial charge in [-0.2, -0.15) is 0 Å². The molecule has 1 aromatic heterocycles. The van der Waals surface area contributed by atoms with Gasteiger partial charge in [-0.3, -0.25) is 4.90 Å². The summed E-state index contributed by atoms with van der Waals surface area (Å²) in [4.78, 5) is 3.74. The predicted molar refractivity (Wildman–Crippen MR) is 92.6 cm³/mol. The van der Waals surface area contributed by atoms with E-state index >= 15 is 0 Å². The highest BCUT2D eigenvalue weighted by Gasteiger charge is 2.19. The van der Waals surface area contributed by atoms with Crippen molar-refractivity contribution in [3.05, 3.63) is 51.2 Å². The lowest BCUT2D eigenvalue weighted by Crippen LogP contribution is -2.44. The zero-order chi connectivity index (χ0) is 15.4. The molecule has 0 amide bonds. The molecular formula is C17H21ClN2OS. The third-order valence-corrected chi connectivity index (χ3v) is 5.25. The number of halogens is 1. The van der Waals surface area contributed by atoms with Gasteiger partial charge in [0.15, 0.2) is 0 Å². The van der Waals surface area contributed by atoms with E-state index in [-0.39, 0.29) is 0 Å². The fourth-order valence-corrected chi connectivity index (χ4v) is 4.01. The van der Waals surface area contributed by atoms with Crippen LogP contribution in [0.2, 0.25) is 4.34 Å². The standard InChI is InChI=1S/C17H21ClN2OS/c18-17-7-6-16(22-17)10-19-14-4-2-8-20(12-14)11-13-3-1-5-15(21)9-13/h1,3,5-7,9,14,19,21H,2,4,8,10-12H2. The molecule has 3 rings (SSSR count). The van der Waals surface area contributed by atoms with Crippen molar-refractivity contribution in [2.45, 2.75) is 32.0 Å². The molecule has 0 bridgehead atoms. The zero-order valence-corrected chi connectivity index (χ0v) is 14.0. The Kier molecular flexibility index (Phi) is 5.37. The largest absolute Gasteiger partial charge is 0.508 e. The van der Waals surface area contributed by atoms with E-state index < -0.39 is 0 Å². The number of aromatic hydroxyl groups is 1. The van der Waals surface area contributed by atoms with Gasteiger partial charge in [-0.05, 0) is 49.2 Å². The molecule has 1 unspecified atom stereocenters. The van der Waals surface area contributed by atoms with Crippen LogP contribution in [0.25, 0.3) is 0 Å². The summed E-state index contributed by atoms with van der Waals surface area (Å²) >= 11 is 7.61. The van der Waals surface area contributed by atoms with E-state index in [2.05, 4.69) is 22.3 Å². The van der Waals surface area contributed by atoms with Crippen LogP contribution in [0.3, 0.4) is 0 Å². The SMILES string of the molecule is Oc1cccc(CN2CCCC(NCc3ccc(Cl)s3)C2)c1. The van der Waals surface area contributed by atoms with Gasteiger partial charge in [0, 0.05) is 30.6 Å². The summed E-state index contributed by atoms with van der Waals surface area (Å²) in [7, 11) is 0. The number of piperidine rings is 1. The molecule has 1 fully saturated rings. The maximum Gasteiger partial charge on any atom is 0.115 e. The number of thiophene rings is 1. The highest BCUT2D eigenvalue weighted by molar-refractivity contribution is 7.16. The number of likely N-dealkylation sites (tertiary alicyclic amines) is 1. The number of hydrogen-bond donors (Lipinski definition) is 2. The number of phenolic OH excluding ortho intramolecular Hbond substituents is 1. The molecule has 3 nitrogen and oxygen atoms in total. The first-order valence-corrected chi connectivity index (χ1v) is 8.86. The molecule has 5 heteroatoms. The second-order valence-electron chi connectivity index (χ2n) is 5.83. The molecule has 1 aromatic carbocycles. The van der Waals surface area contributed by atoms with Crippen molar-refractivity contribution in [3.8, 4) is 5.75 Å². The maximum absolute atomic E-state index is 9.57. The average molecular weight is 337 g/mol. The van der Waals surface area contributed by atoms with E-state index in [9.17, 15) is 5.11 Å². The van der Waals surface area contributed by atoms with E-state index in [0.29, 0.717) is 11.8 Å². The topological polar surface area (TPSA) is 35.5 Å². The Hall–Kier alpha value is -1.07. The number of nitrogens with zero attached hydrogens (tertiary/aromatic N) is 1. The third kappa shape index (κ3) is 4.46. The van der Waals surface area contributed by atoms with E-state index in [1.165, 1.54) is 23.3 Å². The molecule has 0 radical (unpaired) electrons. The Balaban J connectivity index is 1.50. The van der Waals surface area contributed by atoms with Crippen molar-refractivity contribution < 1.29 is 5.11 Å². The Labute approximate surface area is 140 Å². The number of nitrogens with one attached hydrogen (secondary N) is 1. The first-order chi connectivity index (χ1) is 10.7. The quantitative estimate of drug-likeness (QED) is 0.870. The smallest absolute Gasteiger partial charge is 0.115 e. The van der Waals surface area contributed by atoms with Crippen LogP contribution in [0.1, 0.15) is 23.3 Å². The number of hydrogen-bond acceptors (Lipinski definition) is 4. The van der Waals surface area contributed by atoms with Gasteiger partial charge < -0.3 is 10.4 Å². The molecule has 2 aromatic rings. The molecule has 1 aliphatic rings. The van der Waals surface area contributed by atoms with Crippen molar-refractivity contribution in [1.82, 2.24) is 10.2 Å². The van der Waals surface area contributed by atoms with Crippen molar-refractivity contribution in [3.63, 3.8) is 0 Å². The zero-order valence-electron chi connectivity index (χ0n) is 12.5. The summed E-state index contributed by atoms with van der Waals surface area (Å²) in [5, 5.41) is 13.2. The lowest BCUT2D eigenvalue weighted by molar-refractivity contribution is 0.183. The van der Waals surface area contributed by atoms with Gasteiger partial charge in [-0.1, -0.05) is 23.7 Å². The molecule has 0 saturated carbocycles. The van der Waals surface area contributed by atoms with Gasteiger partial charge in [0.05, 0.1) is 4.34 Å². The molecule has 22 heavy (non-hydrogen) atoms. The van der Waals surface area contributed by atoms with Gasteiger partial charge in [-0.15, -0.1) is 11.3 Å². The van der Waals surface area contributed by atoms with E-state index in [0.717, 1.165) is 30.5 Å². The Bertz CT molecular complexity index is 616. The van der Waals surface area contributed by atoms with Crippen molar-refractivity contribution >= 4 is 22.9 Å². The lowest BCUT2D eigenvalue weighted by atomic mass is 10.0. The van der Waals surface area contributed by atoms with E-state index in [4.69, 9.17) is 11.6 Å². The Morgan fingerprint density at radius 3 is 3.00 bits per heavy atom. The van der Waals surface area contributed by atoms with Crippen molar-refractivity contribution in [2.24, 2.45) is 0 Å². The van der Waals surface area contributed by atoms with E-state index in [1.807, 2.05) is 18.2 Å². The summed E-state index contributed by atoms with van der Waals surface area (Å²) in [6, 6.07) is 12.1. The number of benzene rings is 1. The first kappa shape index (κ1) is 15.8. The monoisotopic (exact) mass is 336 g/mol. The van der Waals surface area contributed by atoms with Crippen LogP contribution in [-0.4, -0.2) is 29.1 Å². The molecule has 0 spiro atoms. The van der Waals surface area contributed by atoms with Crippen LogP contribution < -0.4 is 5.32 Å². The fraction of sp³-hybridized carbons (Fsp3) is 0.412.